The first-order valence-electron chi connectivity index (χ1n) is 5.29. The average molecular weight is 191 g/mol. The molecule has 1 unspecified atom stereocenters. The molecule has 0 bridgehead atoms. The van der Waals surface area contributed by atoms with Gasteiger partial charge in [-0.25, -0.2) is 0 Å². The zero-order chi connectivity index (χ0) is 10.6. The van der Waals surface area contributed by atoms with Gasteiger partial charge in [-0.15, -0.1) is 0 Å². The predicted octanol–water partition coefficient (Wildman–Crippen LogP) is 3.18. The van der Waals surface area contributed by atoms with Crippen molar-refractivity contribution in [2.45, 2.75) is 39.2 Å². The van der Waals surface area contributed by atoms with Crippen LogP contribution in [-0.2, 0) is 0 Å². The monoisotopic (exact) mass is 191 g/mol. The summed E-state index contributed by atoms with van der Waals surface area (Å²) < 4.78 is 0. The summed E-state index contributed by atoms with van der Waals surface area (Å²) in [7, 11) is 0. The predicted molar refractivity (Wildman–Crippen MR) is 62.6 cm³/mol. The van der Waals surface area contributed by atoms with E-state index in [1.807, 2.05) is 0 Å². The maximum atomic E-state index is 3.52. The molecule has 0 amide bonds. The third-order valence-electron chi connectivity index (χ3n) is 2.31. The Morgan fingerprint density at radius 3 is 2.21 bits per heavy atom. The number of nitrogens with one attached hydrogen (secondary N) is 1. The summed E-state index contributed by atoms with van der Waals surface area (Å²) in [5, 5.41) is 3.52. The molecule has 78 valence electrons. The molecule has 1 aromatic rings. The molecule has 0 saturated carbocycles. The van der Waals surface area contributed by atoms with Crippen molar-refractivity contribution in [1.29, 1.82) is 0 Å². The van der Waals surface area contributed by atoms with Crippen LogP contribution in [0.1, 0.15) is 39.2 Å². The van der Waals surface area contributed by atoms with Crippen molar-refractivity contribution in [1.82, 2.24) is 5.32 Å². The summed E-state index contributed by atoms with van der Waals surface area (Å²) in [5.41, 5.74) is 1.62. The summed E-state index contributed by atoms with van der Waals surface area (Å²) in [6.07, 6.45) is 0. The van der Waals surface area contributed by atoms with Crippen molar-refractivity contribution in [3.8, 4) is 0 Å². The van der Waals surface area contributed by atoms with Crippen LogP contribution < -0.4 is 5.32 Å². The van der Waals surface area contributed by atoms with E-state index >= 15 is 0 Å². The van der Waals surface area contributed by atoms with Gasteiger partial charge in [-0.05, 0) is 32.3 Å². The Labute approximate surface area is 87.5 Å². The molecule has 0 aliphatic rings. The van der Waals surface area contributed by atoms with Crippen LogP contribution in [0.4, 0.5) is 0 Å². The van der Waals surface area contributed by atoms with E-state index in [1.165, 1.54) is 5.56 Å². The highest BCUT2D eigenvalue weighted by atomic mass is 14.9. The van der Waals surface area contributed by atoms with Crippen LogP contribution in [-0.4, -0.2) is 12.1 Å². The van der Waals surface area contributed by atoms with Crippen LogP contribution in [0.2, 0.25) is 0 Å². The summed E-state index contributed by atoms with van der Waals surface area (Å²) >= 11 is 0. The molecular formula is C13H21N. The van der Waals surface area contributed by atoms with Crippen LogP contribution >= 0.6 is 0 Å². The van der Waals surface area contributed by atoms with Crippen molar-refractivity contribution in [3.63, 3.8) is 0 Å². The van der Waals surface area contributed by atoms with Gasteiger partial charge in [0.2, 0.25) is 0 Å². The highest BCUT2D eigenvalue weighted by Gasteiger charge is 2.11. The van der Waals surface area contributed by atoms with Gasteiger partial charge in [0.25, 0.3) is 0 Å². The number of hydrogen-bond acceptors (Lipinski definition) is 1. The van der Waals surface area contributed by atoms with Crippen LogP contribution in [0.3, 0.4) is 0 Å². The molecule has 0 aromatic heterocycles. The summed E-state index contributed by atoms with van der Waals surface area (Å²) in [6, 6.07) is 10.6. The van der Waals surface area contributed by atoms with E-state index in [0.717, 1.165) is 6.54 Å². The molecule has 0 radical (unpaired) electrons. The van der Waals surface area contributed by atoms with Gasteiger partial charge in [-0.1, -0.05) is 37.3 Å². The zero-order valence-corrected chi connectivity index (χ0v) is 9.67. The SMILES string of the molecule is CC(CNC(C)(C)C)c1ccccc1. The van der Waals surface area contributed by atoms with E-state index in [4.69, 9.17) is 0 Å². The number of hydrogen-bond donors (Lipinski definition) is 1. The lowest BCUT2D eigenvalue weighted by molar-refractivity contribution is 0.412. The normalized spacial score (nSPS) is 14.0. The van der Waals surface area contributed by atoms with E-state index < -0.39 is 0 Å². The second-order valence-electron chi connectivity index (χ2n) is 4.94. The Bertz CT molecular complexity index is 258. The minimum atomic E-state index is 0.211. The van der Waals surface area contributed by atoms with Gasteiger partial charge in [0.1, 0.15) is 0 Å². The van der Waals surface area contributed by atoms with Crippen LogP contribution in [0, 0.1) is 0 Å². The second-order valence-corrected chi connectivity index (χ2v) is 4.94. The van der Waals surface area contributed by atoms with E-state index in [-0.39, 0.29) is 5.54 Å². The van der Waals surface area contributed by atoms with Crippen molar-refractivity contribution >= 4 is 0 Å². The largest absolute Gasteiger partial charge is 0.311 e. The van der Waals surface area contributed by atoms with Gasteiger partial charge in [-0.2, -0.15) is 0 Å². The minimum Gasteiger partial charge on any atom is -0.311 e. The van der Waals surface area contributed by atoms with Gasteiger partial charge in [0, 0.05) is 12.1 Å². The Morgan fingerprint density at radius 2 is 1.71 bits per heavy atom. The fourth-order valence-corrected chi connectivity index (χ4v) is 1.36. The van der Waals surface area contributed by atoms with E-state index in [9.17, 15) is 0 Å². The maximum Gasteiger partial charge on any atom is 0.00967 e. The number of rotatable bonds is 3. The molecule has 1 aromatic carbocycles. The highest BCUT2D eigenvalue weighted by molar-refractivity contribution is 5.19. The van der Waals surface area contributed by atoms with Crippen molar-refractivity contribution < 1.29 is 0 Å². The third-order valence-corrected chi connectivity index (χ3v) is 2.31. The molecule has 1 rings (SSSR count). The highest BCUT2D eigenvalue weighted by Crippen LogP contribution is 2.14. The van der Waals surface area contributed by atoms with Crippen molar-refractivity contribution in [3.05, 3.63) is 35.9 Å². The minimum absolute atomic E-state index is 0.211. The molecule has 1 N–H and O–H groups in total. The van der Waals surface area contributed by atoms with E-state index in [0.29, 0.717) is 5.92 Å². The maximum absolute atomic E-state index is 3.52. The molecule has 0 aliphatic carbocycles. The van der Waals surface area contributed by atoms with Crippen LogP contribution in [0.25, 0.3) is 0 Å². The molecule has 0 spiro atoms. The topological polar surface area (TPSA) is 12.0 Å². The summed E-state index contributed by atoms with van der Waals surface area (Å²) in [4.78, 5) is 0. The van der Waals surface area contributed by atoms with Crippen molar-refractivity contribution in [2.24, 2.45) is 0 Å². The third kappa shape index (κ3) is 3.93. The first-order valence-corrected chi connectivity index (χ1v) is 5.29. The Hall–Kier alpha value is -0.820. The van der Waals surface area contributed by atoms with Gasteiger partial charge in [0.15, 0.2) is 0 Å². The lowest BCUT2D eigenvalue weighted by Crippen LogP contribution is -2.38. The van der Waals surface area contributed by atoms with Crippen LogP contribution in [0.15, 0.2) is 30.3 Å². The Morgan fingerprint density at radius 1 is 1.14 bits per heavy atom. The van der Waals surface area contributed by atoms with Gasteiger partial charge >= 0.3 is 0 Å². The molecule has 0 heterocycles. The smallest absolute Gasteiger partial charge is 0.00967 e. The second kappa shape index (κ2) is 4.61. The average Bonchev–Trinajstić information content (AvgIpc) is 2.14. The molecule has 1 heteroatoms. The van der Waals surface area contributed by atoms with E-state index in [1.54, 1.807) is 0 Å². The molecule has 0 saturated heterocycles. The lowest BCUT2D eigenvalue weighted by atomic mass is 10.00. The quantitative estimate of drug-likeness (QED) is 0.773. The lowest BCUT2D eigenvalue weighted by Gasteiger charge is -2.23. The molecular weight excluding hydrogens is 170 g/mol. The molecule has 1 atom stereocenters. The molecule has 0 fully saturated rings. The fraction of sp³-hybridized carbons (Fsp3) is 0.538. The summed E-state index contributed by atoms with van der Waals surface area (Å²) in [6.45, 7) is 9.89. The first kappa shape index (κ1) is 11.3. The van der Waals surface area contributed by atoms with E-state index in [2.05, 4.69) is 63.3 Å². The van der Waals surface area contributed by atoms with Gasteiger partial charge in [0.05, 0.1) is 0 Å². The standard InChI is InChI=1S/C13H21N/c1-11(10-14-13(2,3)4)12-8-6-5-7-9-12/h5-9,11,14H,10H2,1-4H3. The Kier molecular flexibility index (Phi) is 3.70. The summed E-state index contributed by atoms with van der Waals surface area (Å²) in [5.74, 6) is 0.579. The van der Waals surface area contributed by atoms with Gasteiger partial charge in [-0.3, -0.25) is 0 Å². The molecule has 0 aliphatic heterocycles. The Balaban J connectivity index is 2.48. The molecule has 1 nitrogen and oxygen atoms in total. The fourth-order valence-electron chi connectivity index (χ4n) is 1.36. The number of benzene rings is 1. The zero-order valence-electron chi connectivity index (χ0n) is 9.67. The first-order chi connectivity index (χ1) is 6.49. The molecule has 14 heavy (non-hydrogen) atoms. The van der Waals surface area contributed by atoms with Gasteiger partial charge < -0.3 is 5.32 Å². The van der Waals surface area contributed by atoms with Crippen LogP contribution in [0.5, 0.6) is 0 Å². The van der Waals surface area contributed by atoms with Crippen molar-refractivity contribution in [2.75, 3.05) is 6.54 Å².